The number of benzene rings is 2. The number of ether oxygens (including phenoxy) is 1. The Balaban J connectivity index is 1.73. The second kappa shape index (κ2) is 9.24. The topological polar surface area (TPSA) is 32.8 Å². The lowest BCUT2D eigenvalue weighted by atomic mass is 10.1. The maximum Gasteiger partial charge on any atom is 0.254 e. The number of rotatable bonds is 9. The van der Waals surface area contributed by atoms with Crippen LogP contribution in [0.2, 0.25) is 0 Å². The van der Waals surface area contributed by atoms with E-state index in [-0.39, 0.29) is 5.91 Å². The fourth-order valence-corrected chi connectivity index (χ4v) is 3.58. The SMILES string of the molecule is CCN(Cc1ccc(C(=O)N(Cc2ccccc2OC)C2CC2)cc1)C(C)C. The summed E-state index contributed by atoms with van der Waals surface area (Å²) in [5, 5.41) is 0. The fraction of sp³-hybridized carbons (Fsp3) is 0.458. The highest BCUT2D eigenvalue weighted by Gasteiger charge is 2.33. The van der Waals surface area contributed by atoms with Gasteiger partial charge in [-0.2, -0.15) is 0 Å². The molecule has 0 unspecified atom stereocenters. The smallest absolute Gasteiger partial charge is 0.254 e. The molecule has 0 heterocycles. The zero-order valence-corrected chi connectivity index (χ0v) is 17.5. The van der Waals surface area contributed by atoms with Crippen LogP contribution in [0, 0.1) is 0 Å². The van der Waals surface area contributed by atoms with Crippen LogP contribution in [0.1, 0.15) is 55.1 Å². The van der Waals surface area contributed by atoms with E-state index in [1.807, 2.05) is 41.3 Å². The summed E-state index contributed by atoms with van der Waals surface area (Å²) in [6, 6.07) is 16.9. The lowest BCUT2D eigenvalue weighted by Crippen LogP contribution is -2.33. The van der Waals surface area contributed by atoms with Gasteiger partial charge >= 0.3 is 0 Å². The zero-order valence-electron chi connectivity index (χ0n) is 17.5. The maximum absolute atomic E-state index is 13.2. The van der Waals surface area contributed by atoms with Crippen LogP contribution in [0.15, 0.2) is 48.5 Å². The van der Waals surface area contributed by atoms with Gasteiger partial charge in [0.25, 0.3) is 5.91 Å². The summed E-state index contributed by atoms with van der Waals surface area (Å²) in [4.78, 5) is 17.6. The number of hydrogen-bond donors (Lipinski definition) is 0. The van der Waals surface area contributed by atoms with Crippen molar-refractivity contribution in [2.24, 2.45) is 0 Å². The Labute approximate surface area is 169 Å². The van der Waals surface area contributed by atoms with Crippen molar-refractivity contribution in [3.63, 3.8) is 0 Å². The average molecular weight is 381 g/mol. The standard InChI is InChI=1S/C24H32N2O2/c1-5-25(18(2)3)16-19-10-12-20(13-11-19)24(27)26(22-14-15-22)17-21-8-6-7-9-23(21)28-4/h6-13,18,22H,5,14-17H2,1-4H3. The van der Waals surface area contributed by atoms with Crippen molar-refractivity contribution in [2.75, 3.05) is 13.7 Å². The second-order valence-electron chi connectivity index (χ2n) is 7.83. The second-order valence-corrected chi connectivity index (χ2v) is 7.83. The zero-order chi connectivity index (χ0) is 20.1. The third-order valence-electron chi connectivity index (χ3n) is 5.50. The summed E-state index contributed by atoms with van der Waals surface area (Å²) in [5.74, 6) is 0.945. The van der Waals surface area contributed by atoms with Crippen molar-refractivity contribution in [2.45, 2.75) is 58.8 Å². The minimum absolute atomic E-state index is 0.108. The first kappa shape index (κ1) is 20.4. The molecule has 0 saturated heterocycles. The summed E-state index contributed by atoms with van der Waals surface area (Å²) in [6.45, 7) is 9.14. The molecule has 0 N–H and O–H groups in total. The molecular weight excluding hydrogens is 348 g/mol. The van der Waals surface area contributed by atoms with Crippen LogP contribution >= 0.6 is 0 Å². The number of hydrogen-bond acceptors (Lipinski definition) is 3. The summed E-state index contributed by atoms with van der Waals surface area (Å²) < 4.78 is 5.47. The predicted molar refractivity (Wildman–Crippen MR) is 114 cm³/mol. The highest BCUT2D eigenvalue weighted by molar-refractivity contribution is 5.94. The van der Waals surface area contributed by atoms with Gasteiger partial charge in [0.2, 0.25) is 0 Å². The summed E-state index contributed by atoms with van der Waals surface area (Å²) in [6.07, 6.45) is 2.16. The van der Waals surface area contributed by atoms with E-state index < -0.39 is 0 Å². The van der Waals surface area contributed by atoms with Crippen LogP contribution in [0.3, 0.4) is 0 Å². The third kappa shape index (κ3) is 4.93. The molecule has 0 aliphatic heterocycles. The Morgan fingerprint density at radius 1 is 1.07 bits per heavy atom. The van der Waals surface area contributed by atoms with Gasteiger partial charge in [-0.3, -0.25) is 9.69 Å². The lowest BCUT2D eigenvalue weighted by Gasteiger charge is -2.25. The van der Waals surface area contributed by atoms with Crippen LogP contribution < -0.4 is 4.74 Å². The summed E-state index contributed by atoms with van der Waals surface area (Å²) >= 11 is 0. The number of carbonyl (C=O) groups excluding carboxylic acids is 1. The molecule has 0 aromatic heterocycles. The fourth-order valence-electron chi connectivity index (χ4n) is 3.58. The molecule has 0 radical (unpaired) electrons. The number of carbonyl (C=O) groups is 1. The van der Waals surface area contributed by atoms with Crippen LogP contribution in [0.25, 0.3) is 0 Å². The van der Waals surface area contributed by atoms with Crippen LogP contribution in [0.4, 0.5) is 0 Å². The van der Waals surface area contributed by atoms with Gasteiger partial charge in [-0.1, -0.05) is 37.3 Å². The minimum atomic E-state index is 0.108. The normalized spacial score (nSPS) is 13.8. The van der Waals surface area contributed by atoms with E-state index in [4.69, 9.17) is 4.74 Å². The Morgan fingerprint density at radius 3 is 2.32 bits per heavy atom. The molecule has 4 heteroatoms. The van der Waals surface area contributed by atoms with Gasteiger partial charge in [-0.25, -0.2) is 0 Å². The van der Waals surface area contributed by atoms with Crippen LogP contribution in [-0.2, 0) is 13.1 Å². The molecule has 0 spiro atoms. The molecular formula is C24H32N2O2. The molecule has 1 aliphatic carbocycles. The molecule has 28 heavy (non-hydrogen) atoms. The average Bonchev–Trinajstić information content (AvgIpc) is 3.55. The number of amides is 1. The number of nitrogens with zero attached hydrogens (tertiary/aromatic N) is 2. The molecule has 1 aliphatic rings. The number of methoxy groups -OCH3 is 1. The Hall–Kier alpha value is -2.33. The molecule has 1 fully saturated rings. The molecule has 1 amide bonds. The monoisotopic (exact) mass is 380 g/mol. The molecule has 150 valence electrons. The van der Waals surface area contributed by atoms with Gasteiger partial charge < -0.3 is 9.64 Å². The van der Waals surface area contributed by atoms with E-state index in [0.29, 0.717) is 18.6 Å². The molecule has 4 nitrogen and oxygen atoms in total. The summed E-state index contributed by atoms with van der Waals surface area (Å²) in [5.41, 5.74) is 3.06. The molecule has 0 atom stereocenters. The third-order valence-corrected chi connectivity index (χ3v) is 5.50. The van der Waals surface area contributed by atoms with Gasteiger partial charge in [-0.15, -0.1) is 0 Å². The predicted octanol–water partition coefficient (Wildman–Crippen LogP) is 4.73. The minimum Gasteiger partial charge on any atom is -0.496 e. The van der Waals surface area contributed by atoms with Gasteiger partial charge in [0.1, 0.15) is 5.75 Å². The maximum atomic E-state index is 13.2. The van der Waals surface area contributed by atoms with Gasteiger partial charge in [-0.05, 0) is 57.0 Å². The molecule has 3 rings (SSSR count). The van der Waals surface area contributed by atoms with E-state index in [9.17, 15) is 4.79 Å². The van der Waals surface area contributed by atoms with Crippen LogP contribution in [-0.4, -0.2) is 41.4 Å². The first-order chi connectivity index (χ1) is 13.5. The quantitative estimate of drug-likeness (QED) is 0.630. The number of para-hydroxylation sites is 1. The molecule has 2 aromatic rings. The summed E-state index contributed by atoms with van der Waals surface area (Å²) in [7, 11) is 1.68. The molecule has 1 saturated carbocycles. The van der Waals surface area contributed by atoms with E-state index in [0.717, 1.165) is 42.8 Å². The van der Waals surface area contributed by atoms with Crippen molar-refractivity contribution in [3.05, 3.63) is 65.2 Å². The Bertz CT molecular complexity index is 781. The first-order valence-electron chi connectivity index (χ1n) is 10.3. The van der Waals surface area contributed by atoms with Crippen molar-refractivity contribution in [1.29, 1.82) is 0 Å². The van der Waals surface area contributed by atoms with E-state index in [1.165, 1.54) is 5.56 Å². The Morgan fingerprint density at radius 2 is 1.75 bits per heavy atom. The Kier molecular flexibility index (Phi) is 6.74. The highest BCUT2D eigenvalue weighted by atomic mass is 16.5. The van der Waals surface area contributed by atoms with Crippen molar-refractivity contribution in [1.82, 2.24) is 9.80 Å². The van der Waals surface area contributed by atoms with Crippen LogP contribution in [0.5, 0.6) is 5.75 Å². The van der Waals surface area contributed by atoms with E-state index >= 15 is 0 Å². The van der Waals surface area contributed by atoms with Gasteiger partial charge in [0.05, 0.1) is 7.11 Å². The van der Waals surface area contributed by atoms with Crippen molar-refractivity contribution >= 4 is 5.91 Å². The molecule has 0 bridgehead atoms. The molecule has 2 aromatic carbocycles. The lowest BCUT2D eigenvalue weighted by molar-refractivity contribution is 0.0728. The van der Waals surface area contributed by atoms with Gasteiger partial charge in [0.15, 0.2) is 0 Å². The van der Waals surface area contributed by atoms with Gasteiger partial charge in [0, 0.05) is 36.3 Å². The van der Waals surface area contributed by atoms with E-state index in [1.54, 1.807) is 7.11 Å². The largest absolute Gasteiger partial charge is 0.496 e. The van der Waals surface area contributed by atoms with Crippen molar-refractivity contribution < 1.29 is 9.53 Å². The van der Waals surface area contributed by atoms with Crippen molar-refractivity contribution in [3.8, 4) is 5.75 Å². The van der Waals surface area contributed by atoms with E-state index in [2.05, 4.69) is 37.8 Å². The first-order valence-corrected chi connectivity index (χ1v) is 10.3. The highest BCUT2D eigenvalue weighted by Crippen LogP contribution is 2.31.